The minimum Gasteiger partial charge on any atom is -0.396 e. The molecule has 1 heterocycles. The first-order chi connectivity index (χ1) is 7.95. The lowest BCUT2D eigenvalue weighted by atomic mass is 10.1. The molecule has 0 saturated carbocycles. The van der Waals surface area contributed by atoms with Gasteiger partial charge in [0, 0.05) is 19.3 Å². The van der Waals surface area contributed by atoms with Crippen LogP contribution in [-0.2, 0) is 6.18 Å². The summed E-state index contributed by atoms with van der Waals surface area (Å²) in [6.45, 7) is 2.22. The molecular formula is C11H15F3N2O. The molecule has 0 aliphatic carbocycles. The van der Waals surface area contributed by atoms with Gasteiger partial charge in [-0.3, -0.25) is 0 Å². The maximum atomic E-state index is 12.6. The topological polar surface area (TPSA) is 45.1 Å². The molecule has 3 nitrogen and oxygen atoms in total. The largest absolute Gasteiger partial charge is 0.419 e. The molecule has 6 heteroatoms. The summed E-state index contributed by atoms with van der Waals surface area (Å²) in [5.41, 5.74) is -0.767. The SMILES string of the molecule is CC(CCO)CNc1ncccc1C(F)(F)F. The van der Waals surface area contributed by atoms with Crippen molar-refractivity contribution in [2.75, 3.05) is 18.5 Å². The van der Waals surface area contributed by atoms with E-state index in [1.807, 2.05) is 6.92 Å². The third-order valence-corrected chi connectivity index (χ3v) is 2.35. The Hall–Kier alpha value is -1.30. The molecule has 2 N–H and O–H groups in total. The van der Waals surface area contributed by atoms with Gasteiger partial charge < -0.3 is 10.4 Å². The Kier molecular flexibility index (Phi) is 4.74. The quantitative estimate of drug-likeness (QED) is 0.841. The van der Waals surface area contributed by atoms with Crippen molar-refractivity contribution < 1.29 is 18.3 Å². The molecule has 0 spiro atoms. The number of halogens is 3. The van der Waals surface area contributed by atoms with Gasteiger partial charge in [0.2, 0.25) is 0 Å². The number of aliphatic hydroxyl groups is 1. The lowest BCUT2D eigenvalue weighted by Crippen LogP contribution is -2.17. The summed E-state index contributed by atoms with van der Waals surface area (Å²) in [7, 11) is 0. The van der Waals surface area contributed by atoms with E-state index in [1.54, 1.807) is 0 Å². The molecule has 0 aliphatic rings. The number of pyridine rings is 1. The van der Waals surface area contributed by atoms with Crippen molar-refractivity contribution in [1.82, 2.24) is 4.98 Å². The van der Waals surface area contributed by atoms with E-state index in [0.717, 1.165) is 6.07 Å². The zero-order valence-electron chi connectivity index (χ0n) is 9.46. The van der Waals surface area contributed by atoms with Gasteiger partial charge in [0.1, 0.15) is 5.82 Å². The number of alkyl halides is 3. The molecule has 0 radical (unpaired) electrons. The molecule has 1 aromatic heterocycles. The molecule has 17 heavy (non-hydrogen) atoms. The second-order valence-corrected chi connectivity index (χ2v) is 3.90. The van der Waals surface area contributed by atoms with Gasteiger partial charge in [0.15, 0.2) is 0 Å². The maximum Gasteiger partial charge on any atom is 0.419 e. The van der Waals surface area contributed by atoms with E-state index < -0.39 is 11.7 Å². The molecule has 96 valence electrons. The number of rotatable bonds is 5. The third-order valence-electron chi connectivity index (χ3n) is 2.35. The highest BCUT2D eigenvalue weighted by atomic mass is 19.4. The normalized spacial score (nSPS) is 13.5. The minimum absolute atomic E-state index is 0.0250. The number of hydrogen-bond donors (Lipinski definition) is 2. The smallest absolute Gasteiger partial charge is 0.396 e. The number of anilines is 1. The lowest BCUT2D eigenvalue weighted by molar-refractivity contribution is -0.137. The average molecular weight is 248 g/mol. The van der Waals surface area contributed by atoms with Crippen LogP contribution in [0.5, 0.6) is 0 Å². The predicted octanol–water partition coefficient (Wildman–Crippen LogP) is 2.53. The summed E-state index contributed by atoms with van der Waals surface area (Å²) in [6.07, 6.45) is -2.55. The molecule has 1 unspecified atom stereocenters. The van der Waals surface area contributed by atoms with Crippen LogP contribution in [0.15, 0.2) is 18.3 Å². The Balaban J connectivity index is 2.71. The maximum absolute atomic E-state index is 12.6. The molecule has 0 bridgehead atoms. The average Bonchev–Trinajstić information content (AvgIpc) is 2.26. The van der Waals surface area contributed by atoms with Crippen LogP contribution in [0, 0.1) is 5.92 Å². The second-order valence-electron chi connectivity index (χ2n) is 3.90. The molecule has 0 fully saturated rings. The van der Waals surface area contributed by atoms with Crippen molar-refractivity contribution in [3.8, 4) is 0 Å². The summed E-state index contributed by atoms with van der Waals surface area (Å²) in [5, 5.41) is 11.4. The van der Waals surface area contributed by atoms with Gasteiger partial charge in [0.25, 0.3) is 0 Å². The third kappa shape index (κ3) is 4.22. The van der Waals surface area contributed by atoms with E-state index in [2.05, 4.69) is 10.3 Å². The van der Waals surface area contributed by atoms with Gasteiger partial charge in [0.05, 0.1) is 5.56 Å². The van der Waals surface area contributed by atoms with Crippen molar-refractivity contribution in [1.29, 1.82) is 0 Å². The first-order valence-corrected chi connectivity index (χ1v) is 5.32. The van der Waals surface area contributed by atoms with Crippen molar-refractivity contribution in [3.63, 3.8) is 0 Å². The van der Waals surface area contributed by atoms with Crippen LogP contribution in [0.4, 0.5) is 19.0 Å². The van der Waals surface area contributed by atoms with E-state index in [-0.39, 0.29) is 18.3 Å². The van der Waals surface area contributed by atoms with Crippen LogP contribution in [0.2, 0.25) is 0 Å². The van der Waals surface area contributed by atoms with Gasteiger partial charge in [-0.25, -0.2) is 4.98 Å². The number of nitrogens with one attached hydrogen (secondary N) is 1. The predicted molar refractivity (Wildman–Crippen MR) is 58.6 cm³/mol. The van der Waals surface area contributed by atoms with Gasteiger partial charge in [-0.05, 0) is 24.5 Å². The number of aromatic nitrogens is 1. The minimum atomic E-state index is -4.41. The van der Waals surface area contributed by atoms with E-state index in [1.165, 1.54) is 12.3 Å². The van der Waals surface area contributed by atoms with Crippen LogP contribution in [0.1, 0.15) is 18.9 Å². The van der Waals surface area contributed by atoms with Crippen molar-refractivity contribution in [2.45, 2.75) is 19.5 Å². The van der Waals surface area contributed by atoms with Crippen molar-refractivity contribution >= 4 is 5.82 Å². The molecular weight excluding hydrogens is 233 g/mol. The van der Waals surface area contributed by atoms with E-state index in [9.17, 15) is 13.2 Å². The van der Waals surface area contributed by atoms with Gasteiger partial charge in [-0.1, -0.05) is 6.92 Å². The molecule has 0 aliphatic heterocycles. The molecule has 1 aromatic rings. The summed E-state index contributed by atoms with van der Waals surface area (Å²) >= 11 is 0. The number of nitrogens with zero attached hydrogens (tertiary/aromatic N) is 1. The zero-order valence-corrected chi connectivity index (χ0v) is 9.46. The zero-order chi connectivity index (χ0) is 12.9. The van der Waals surface area contributed by atoms with Gasteiger partial charge in [-0.2, -0.15) is 13.2 Å². The molecule has 0 amide bonds. The Morgan fingerprint density at radius 2 is 2.18 bits per heavy atom. The van der Waals surface area contributed by atoms with Crippen LogP contribution in [0.25, 0.3) is 0 Å². The standard InChI is InChI=1S/C11H15F3N2O/c1-8(4-6-17)7-16-10-9(11(12,13)14)3-2-5-15-10/h2-3,5,8,17H,4,6-7H2,1H3,(H,15,16). The summed E-state index contributed by atoms with van der Waals surface area (Å²) in [5.74, 6) is -0.0760. The fraction of sp³-hybridized carbons (Fsp3) is 0.545. The Morgan fingerprint density at radius 1 is 1.47 bits per heavy atom. The lowest BCUT2D eigenvalue weighted by Gasteiger charge is -2.15. The Labute approximate surface area is 97.7 Å². The summed E-state index contributed by atoms with van der Waals surface area (Å²) in [4.78, 5) is 3.68. The van der Waals surface area contributed by atoms with E-state index in [0.29, 0.717) is 13.0 Å². The Morgan fingerprint density at radius 3 is 2.76 bits per heavy atom. The van der Waals surface area contributed by atoms with E-state index in [4.69, 9.17) is 5.11 Å². The van der Waals surface area contributed by atoms with Crippen LogP contribution in [-0.4, -0.2) is 23.2 Å². The fourth-order valence-electron chi connectivity index (χ4n) is 1.37. The molecule has 0 saturated heterocycles. The highest BCUT2D eigenvalue weighted by Crippen LogP contribution is 2.33. The van der Waals surface area contributed by atoms with Gasteiger partial charge >= 0.3 is 6.18 Å². The van der Waals surface area contributed by atoms with E-state index >= 15 is 0 Å². The Bertz CT molecular complexity index is 355. The summed E-state index contributed by atoms with van der Waals surface area (Å²) < 4.78 is 37.8. The molecule has 0 aromatic carbocycles. The summed E-state index contributed by atoms with van der Waals surface area (Å²) in [6, 6.07) is 2.25. The van der Waals surface area contributed by atoms with Crippen molar-refractivity contribution in [3.05, 3.63) is 23.9 Å². The second kappa shape index (κ2) is 5.86. The van der Waals surface area contributed by atoms with Crippen molar-refractivity contribution in [2.24, 2.45) is 5.92 Å². The fourth-order valence-corrected chi connectivity index (χ4v) is 1.37. The monoisotopic (exact) mass is 248 g/mol. The van der Waals surface area contributed by atoms with Crippen LogP contribution >= 0.6 is 0 Å². The van der Waals surface area contributed by atoms with Gasteiger partial charge in [-0.15, -0.1) is 0 Å². The first-order valence-electron chi connectivity index (χ1n) is 5.32. The molecule has 1 rings (SSSR count). The highest BCUT2D eigenvalue weighted by Gasteiger charge is 2.33. The number of hydrogen-bond acceptors (Lipinski definition) is 3. The van der Waals surface area contributed by atoms with Crippen LogP contribution in [0.3, 0.4) is 0 Å². The molecule has 1 atom stereocenters. The number of aliphatic hydroxyl groups excluding tert-OH is 1. The highest BCUT2D eigenvalue weighted by molar-refractivity contribution is 5.45. The first kappa shape index (κ1) is 13.8. The van der Waals surface area contributed by atoms with Crippen LogP contribution < -0.4 is 5.32 Å².